The van der Waals surface area contributed by atoms with Crippen molar-refractivity contribution in [2.45, 2.75) is 23.8 Å². The Balaban J connectivity index is 1.51. The number of nitrogens with two attached hydrogens (primary N) is 1. The molecule has 1 aromatic heterocycles. The summed E-state index contributed by atoms with van der Waals surface area (Å²) in [5.41, 5.74) is 2.81. The number of benzene rings is 2. The summed E-state index contributed by atoms with van der Waals surface area (Å²) in [4.78, 5) is 14.7. The summed E-state index contributed by atoms with van der Waals surface area (Å²) in [5.74, 6) is 6.20. The maximum absolute atomic E-state index is 13.1. The first-order valence-electron chi connectivity index (χ1n) is 8.57. The number of anilines is 1. The van der Waals surface area contributed by atoms with Crippen LogP contribution in [0.1, 0.15) is 12.5 Å². The van der Waals surface area contributed by atoms with Gasteiger partial charge in [0.25, 0.3) is 0 Å². The molecule has 1 unspecified atom stereocenters. The van der Waals surface area contributed by atoms with Gasteiger partial charge >= 0.3 is 0 Å². The van der Waals surface area contributed by atoms with Gasteiger partial charge in [-0.05, 0) is 49.2 Å². The summed E-state index contributed by atoms with van der Waals surface area (Å²) in [6.45, 7) is 2.51. The van der Waals surface area contributed by atoms with Crippen molar-refractivity contribution in [1.82, 2.24) is 14.9 Å². The molecular weight excluding hydrogens is 365 g/mol. The number of rotatable bonds is 4. The van der Waals surface area contributed by atoms with Gasteiger partial charge in [-0.1, -0.05) is 30.0 Å². The van der Waals surface area contributed by atoms with E-state index in [0.717, 1.165) is 12.1 Å². The third-order valence-electron chi connectivity index (χ3n) is 4.55. The second-order valence-corrected chi connectivity index (χ2v) is 7.62. The first-order valence-corrected chi connectivity index (χ1v) is 9.45. The number of halogens is 1. The van der Waals surface area contributed by atoms with E-state index in [-0.39, 0.29) is 17.0 Å². The second-order valence-electron chi connectivity index (χ2n) is 6.31. The molecule has 0 fully saturated rings. The van der Waals surface area contributed by atoms with Crippen molar-refractivity contribution >= 4 is 23.4 Å². The number of nitrogen functional groups attached to an aromatic ring is 1. The van der Waals surface area contributed by atoms with E-state index in [9.17, 15) is 9.18 Å². The van der Waals surface area contributed by atoms with Gasteiger partial charge in [0.05, 0.1) is 5.25 Å². The van der Waals surface area contributed by atoms with E-state index in [2.05, 4.69) is 10.2 Å². The normalized spacial score (nSPS) is 14.2. The number of aromatic nitrogens is 3. The standard InChI is InChI=1S/C19H18FN5OS/c1-12(18(26)24-11-10-13-4-2-3-5-16(13)24)27-19-23-22-17(25(19)21)14-6-8-15(20)9-7-14/h2-9,12H,10-11,21H2,1H3. The van der Waals surface area contributed by atoms with Crippen molar-refractivity contribution in [2.75, 3.05) is 17.3 Å². The van der Waals surface area contributed by atoms with Crippen molar-refractivity contribution in [3.63, 3.8) is 0 Å². The molecule has 8 heteroatoms. The second kappa shape index (κ2) is 7.03. The molecule has 1 aliphatic rings. The van der Waals surface area contributed by atoms with Crippen molar-refractivity contribution in [3.05, 3.63) is 59.9 Å². The Kier molecular flexibility index (Phi) is 4.57. The van der Waals surface area contributed by atoms with Gasteiger partial charge in [0.1, 0.15) is 5.82 Å². The van der Waals surface area contributed by atoms with Crippen LogP contribution in [0.4, 0.5) is 10.1 Å². The largest absolute Gasteiger partial charge is 0.335 e. The van der Waals surface area contributed by atoms with Crippen LogP contribution in [-0.4, -0.2) is 32.6 Å². The summed E-state index contributed by atoms with van der Waals surface area (Å²) in [5, 5.41) is 8.24. The third-order valence-corrected chi connectivity index (χ3v) is 5.59. The average Bonchev–Trinajstić information content (AvgIpc) is 3.26. The van der Waals surface area contributed by atoms with Crippen LogP contribution in [0.3, 0.4) is 0 Å². The molecule has 6 nitrogen and oxygen atoms in total. The Hall–Kier alpha value is -2.87. The number of carbonyl (C=O) groups is 1. The number of nitrogens with zero attached hydrogens (tertiary/aromatic N) is 4. The van der Waals surface area contributed by atoms with Crippen LogP contribution in [0.2, 0.25) is 0 Å². The van der Waals surface area contributed by atoms with Gasteiger partial charge in [-0.25, -0.2) is 9.07 Å². The average molecular weight is 383 g/mol. The molecule has 2 N–H and O–H groups in total. The van der Waals surface area contributed by atoms with Crippen molar-refractivity contribution in [3.8, 4) is 11.4 Å². The van der Waals surface area contributed by atoms with E-state index in [1.165, 1.54) is 34.1 Å². The van der Waals surface area contributed by atoms with Gasteiger partial charge in [-0.2, -0.15) is 0 Å². The van der Waals surface area contributed by atoms with Crippen LogP contribution in [0.25, 0.3) is 11.4 Å². The lowest BCUT2D eigenvalue weighted by Crippen LogP contribution is -2.35. The predicted molar refractivity (Wildman–Crippen MR) is 103 cm³/mol. The number of hydrogen-bond acceptors (Lipinski definition) is 5. The monoisotopic (exact) mass is 383 g/mol. The quantitative estimate of drug-likeness (QED) is 0.554. The number of carbonyl (C=O) groups excluding carboxylic acids is 1. The zero-order chi connectivity index (χ0) is 19.0. The highest BCUT2D eigenvalue weighted by atomic mass is 32.2. The van der Waals surface area contributed by atoms with Gasteiger partial charge < -0.3 is 10.7 Å². The summed E-state index contributed by atoms with van der Waals surface area (Å²) < 4.78 is 14.4. The summed E-state index contributed by atoms with van der Waals surface area (Å²) in [6, 6.07) is 13.8. The van der Waals surface area contributed by atoms with Gasteiger partial charge in [0, 0.05) is 17.8 Å². The molecular formula is C19H18FN5OS. The molecule has 0 radical (unpaired) electrons. The van der Waals surface area contributed by atoms with Crippen LogP contribution in [-0.2, 0) is 11.2 Å². The molecule has 0 aliphatic carbocycles. The first kappa shape index (κ1) is 17.5. The fraction of sp³-hybridized carbons (Fsp3) is 0.211. The van der Waals surface area contributed by atoms with Crippen molar-refractivity contribution < 1.29 is 9.18 Å². The minimum absolute atomic E-state index is 0.0104. The molecule has 0 bridgehead atoms. The highest BCUT2D eigenvalue weighted by molar-refractivity contribution is 8.00. The molecule has 0 saturated carbocycles. The van der Waals surface area contributed by atoms with Gasteiger partial charge in [0.2, 0.25) is 11.1 Å². The van der Waals surface area contributed by atoms with Gasteiger partial charge in [-0.3, -0.25) is 4.79 Å². The maximum Gasteiger partial charge on any atom is 0.240 e. The molecule has 1 amide bonds. The minimum atomic E-state index is -0.372. The van der Waals surface area contributed by atoms with Crippen LogP contribution in [0, 0.1) is 5.82 Å². The summed E-state index contributed by atoms with van der Waals surface area (Å²) in [6.07, 6.45) is 0.862. The van der Waals surface area contributed by atoms with E-state index in [1.807, 2.05) is 36.1 Å². The highest BCUT2D eigenvalue weighted by Crippen LogP contribution is 2.31. The fourth-order valence-corrected chi connectivity index (χ4v) is 3.98. The fourth-order valence-electron chi connectivity index (χ4n) is 3.15. The lowest BCUT2D eigenvalue weighted by molar-refractivity contribution is -0.117. The lowest BCUT2D eigenvalue weighted by atomic mass is 10.2. The predicted octanol–water partition coefficient (Wildman–Crippen LogP) is 2.87. The molecule has 4 rings (SSSR count). The zero-order valence-electron chi connectivity index (χ0n) is 14.7. The number of thioether (sulfide) groups is 1. The third kappa shape index (κ3) is 3.28. The Morgan fingerprint density at radius 3 is 2.70 bits per heavy atom. The number of fused-ring (bicyclic) bond motifs is 1. The molecule has 138 valence electrons. The van der Waals surface area contributed by atoms with Crippen molar-refractivity contribution in [1.29, 1.82) is 0 Å². The molecule has 0 spiro atoms. The van der Waals surface area contributed by atoms with Crippen LogP contribution in [0.5, 0.6) is 0 Å². The molecule has 2 heterocycles. The maximum atomic E-state index is 13.1. The van der Waals surface area contributed by atoms with E-state index in [1.54, 1.807) is 12.1 Å². The first-order chi connectivity index (χ1) is 13.0. The van der Waals surface area contributed by atoms with E-state index in [4.69, 9.17) is 5.84 Å². The van der Waals surface area contributed by atoms with E-state index in [0.29, 0.717) is 23.1 Å². The van der Waals surface area contributed by atoms with Gasteiger partial charge in [-0.15, -0.1) is 10.2 Å². The summed E-state index contributed by atoms with van der Waals surface area (Å²) in [7, 11) is 0. The Morgan fingerprint density at radius 2 is 1.93 bits per heavy atom. The molecule has 2 aromatic carbocycles. The number of para-hydroxylation sites is 1. The summed E-state index contributed by atoms with van der Waals surface area (Å²) >= 11 is 1.26. The number of hydrogen-bond donors (Lipinski definition) is 1. The Labute approximate surface area is 160 Å². The van der Waals surface area contributed by atoms with Crippen molar-refractivity contribution in [2.24, 2.45) is 0 Å². The Bertz CT molecular complexity index is 988. The smallest absolute Gasteiger partial charge is 0.240 e. The lowest BCUT2D eigenvalue weighted by Gasteiger charge is -2.21. The molecule has 3 aromatic rings. The van der Waals surface area contributed by atoms with Crippen LogP contribution < -0.4 is 10.7 Å². The minimum Gasteiger partial charge on any atom is -0.335 e. The molecule has 0 saturated heterocycles. The van der Waals surface area contributed by atoms with Gasteiger partial charge in [0.15, 0.2) is 5.82 Å². The highest BCUT2D eigenvalue weighted by Gasteiger charge is 2.29. The van der Waals surface area contributed by atoms with Crippen LogP contribution in [0.15, 0.2) is 53.7 Å². The Morgan fingerprint density at radius 1 is 1.19 bits per heavy atom. The molecule has 27 heavy (non-hydrogen) atoms. The van der Waals surface area contributed by atoms with E-state index < -0.39 is 0 Å². The zero-order valence-corrected chi connectivity index (χ0v) is 15.5. The molecule has 1 aliphatic heterocycles. The van der Waals surface area contributed by atoms with E-state index >= 15 is 0 Å². The number of amides is 1. The van der Waals surface area contributed by atoms with Crippen LogP contribution >= 0.6 is 11.8 Å². The SMILES string of the molecule is CC(Sc1nnc(-c2ccc(F)cc2)n1N)C(=O)N1CCc2ccccc21. The molecule has 1 atom stereocenters. The topological polar surface area (TPSA) is 77.0 Å².